The van der Waals surface area contributed by atoms with E-state index in [0.717, 1.165) is 22.4 Å². The maximum atomic E-state index is 12.8. The lowest BCUT2D eigenvalue weighted by Crippen LogP contribution is -2.16. The summed E-state index contributed by atoms with van der Waals surface area (Å²) in [5.41, 5.74) is 3.91. The summed E-state index contributed by atoms with van der Waals surface area (Å²) in [7, 11) is -3.40. The van der Waals surface area contributed by atoms with Gasteiger partial charge in [-0.25, -0.2) is 8.42 Å². The van der Waals surface area contributed by atoms with Gasteiger partial charge < -0.3 is 5.32 Å². The van der Waals surface area contributed by atoms with E-state index in [1.165, 1.54) is 0 Å². The van der Waals surface area contributed by atoms with Crippen LogP contribution in [0.4, 0.5) is 5.69 Å². The normalized spacial score (nSPS) is 14.3. The summed E-state index contributed by atoms with van der Waals surface area (Å²) < 4.78 is 25.6. The van der Waals surface area contributed by atoms with Gasteiger partial charge in [-0.1, -0.05) is 49.5 Å². The van der Waals surface area contributed by atoms with E-state index < -0.39 is 9.84 Å². The van der Waals surface area contributed by atoms with Gasteiger partial charge in [-0.15, -0.1) is 0 Å². The zero-order valence-corrected chi connectivity index (χ0v) is 15.9. The Kier molecular flexibility index (Phi) is 5.01. The zero-order valence-electron chi connectivity index (χ0n) is 14.2. The molecule has 4 nitrogen and oxygen atoms in total. The molecule has 1 aliphatic heterocycles. The first-order valence-electron chi connectivity index (χ1n) is 8.20. The molecule has 0 unspecified atom stereocenters. The molecule has 0 aromatic heterocycles. The van der Waals surface area contributed by atoms with Crippen LogP contribution in [0.15, 0.2) is 52.4 Å². The van der Waals surface area contributed by atoms with E-state index in [4.69, 9.17) is 12.2 Å². The van der Waals surface area contributed by atoms with Crippen LogP contribution in [0.3, 0.4) is 0 Å². The Hall–Kier alpha value is -2.05. The molecule has 0 saturated heterocycles. The summed E-state index contributed by atoms with van der Waals surface area (Å²) in [6, 6.07) is 13.5. The maximum Gasteiger partial charge on any atom is 0.180 e. The molecule has 0 atom stereocenters. The Morgan fingerprint density at radius 1 is 1.20 bits per heavy atom. The first-order valence-corrected chi connectivity index (χ1v) is 10.3. The zero-order chi connectivity index (χ0) is 18.0. The third kappa shape index (κ3) is 3.65. The largest absolute Gasteiger partial charge is 0.347 e. The molecule has 0 amide bonds. The van der Waals surface area contributed by atoms with Crippen molar-refractivity contribution >= 4 is 38.4 Å². The third-order valence-electron chi connectivity index (χ3n) is 4.00. The number of aliphatic imine (C=N–C) groups is 1. The molecule has 0 aliphatic carbocycles. The van der Waals surface area contributed by atoms with Crippen LogP contribution in [0.5, 0.6) is 0 Å². The number of sulfone groups is 1. The summed E-state index contributed by atoms with van der Waals surface area (Å²) in [4.78, 5) is 5.46. The van der Waals surface area contributed by atoms with Gasteiger partial charge in [0.1, 0.15) is 4.99 Å². The number of fused-ring (bicyclic) bond motifs is 1. The van der Waals surface area contributed by atoms with Crippen LogP contribution >= 0.6 is 12.2 Å². The van der Waals surface area contributed by atoms with Gasteiger partial charge in [0, 0.05) is 11.1 Å². The van der Waals surface area contributed by atoms with Crippen molar-refractivity contribution in [2.75, 3.05) is 17.6 Å². The predicted octanol–water partition coefficient (Wildman–Crippen LogP) is 3.77. The minimum Gasteiger partial charge on any atom is -0.347 e. The fourth-order valence-electron chi connectivity index (χ4n) is 2.95. The van der Waals surface area contributed by atoms with Gasteiger partial charge in [-0.2, -0.15) is 0 Å². The van der Waals surface area contributed by atoms with Crippen molar-refractivity contribution in [2.24, 2.45) is 4.99 Å². The molecular formula is C19H20N2O2S2. The van der Waals surface area contributed by atoms with Gasteiger partial charge in [0.05, 0.1) is 28.6 Å². The molecule has 0 bridgehead atoms. The number of benzene rings is 2. The van der Waals surface area contributed by atoms with Crippen molar-refractivity contribution in [1.82, 2.24) is 0 Å². The van der Waals surface area contributed by atoms with Crippen molar-refractivity contribution < 1.29 is 8.42 Å². The maximum absolute atomic E-state index is 12.8. The fourth-order valence-corrected chi connectivity index (χ4v) is 4.71. The molecule has 1 heterocycles. The first-order chi connectivity index (χ1) is 11.9. The smallest absolute Gasteiger partial charge is 0.180 e. The summed E-state index contributed by atoms with van der Waals surface area (Å²) >= 11 is 5.34. The Labute approximate surface area is 153 Å². The average molecular weight is 373 g/mol. The van der Waals surface area contributed by atoms with Gasteiger partial charge in [0.2, 0.25) is 0 Å². The number of aryl methyl sites for hydroxylation is 1. The first kappa shape index (κ1) is 17.8. The molecular weight excluding hydrogens is 352 g/mol. The summed E-state index contributed by atoms with van der Waals surface area (Å²) in [6.45, 7) is 4.10. The topological polar surface area (TPSA) is 58.5 Å². The van der Waals surface area contributed by atoms with E-state index in [1.807, 2.05) is 50.2 Å². The highest BCUT2D eigenvalue weighted by molar-refractivity contribution is 7.91. The number of rotatable bonds is 4. The monoisotopic (exact) mass is 372 g/mol. The molecule has 0 fully saturated rings. The van der Waals surface area contributed by atoms with Crippen molar-refractivity contribution in [3.63, 3.8) is 0 Å². The van der Waals surface area contributed by atoms with Crippen molar-refractivity contribution in [2.45, 2.75) is 25.2 Å². The van der Waals surface area contributed by atoms with Crippen molar-refractivity contribution in [1.29, 1.82) is 0 Å². The SMILES string of the molecule is CCCS(=O)(=O)c1cc(C)cc2c1NC(=S)CN=C2c1ccccc1. The molecule has 1 N–H and O–H groups in total. The van der Waals surface area contributed by atoms with Crippen LogP contribution in [0, 0.1) is 6.92 Å². The quantitative estimate of drug-likeness (QED) is 0.830. The molecule has 0 saturated carbocycles. The molecule has 3 rings (SSSR count). The van der Waals surface area contributed by atoms with Gasteiger partial charge in [-0.05, 0) is 31.0 Å². The van der Waals surface area contributed by atoms with E-state index >= 15 is 0 Å². The van der Waals surface area contributed by atoms with E-state index in [2.05, 4.69) is 10.3 Å². The van der Waals surface area contributed by atoms with Gasteiger partial charge in [0.15, 0.2) is 9.84 Å². The van der Waals surface area contributed by atoms with E-state index in [0.29, 0.717) is 28.5 Å². The third-order valence-corrected chi connectivity index (χ3v) is 6.17. The molecule has 130 valence electrons. The van der Waals surface area contributed by atoms with Gasteiger partial charge >= 0.3 is 0 Å². The number of nitrogens with one attached hydrogen (secondary N) is 1. The molecule has 2 aromatic carbocycles. The standard InChI is InChI=1S/C19H20N2O2S2/c1-3-9-25(22,23)16-11-13(2)10-15-18(14-7-5-4-6-8-14)20-12-17(24)21-19(15)16/h4-8,10-11H,3,9,12H2,1-2H3,(H,21,24). The molecule has 0 radical (unpaired) electrons. The summed E-state index contributed by atoms with van der Waals surface area (Å²) in [5, 5.41) is 3.12. The Balaban J connectivity index is 2.29. The predicted molar refractivity (Wildman–Crippen MR) is 107 cm³/mol. The lowest BCUT2D eigenvalue weighted by molar-refractivity contribution is 0.595. The number of anilines is 1. The van der Waals surface area contributed by atoms with Crippen molar-refractivity contribution in [3.8, 4) is 0 Å². The molecule has 0 spiro atoms. The van der Waals surface area contributed by atoms with E-state index in [9.17, 15) is 8.42 Å². The van der Waals surface area contributed by atoms with Crippen LogP contribution < -0.4 is 5.32 Å². The minimum atomic E-state index is -3.40. The molecule has 1 aliphatic rings. The van der Waals surface area contributed by atoms with Crippen LogP contribution in [-0.2, 0) is 9.84 Å². The second-order valence-electron chi connectivity index (χ2n) is 6.08. The Morgan fingerprint density at radius 3 is 2.60 bits per heavy atom. The lowest BCUT2D eigenvalue weighted by Gasteiger charge is -2.17. The molecule has 25 heavy (non-hydrogen) atoms. The number of nitrogens with zero attached hydrogens (tertiary/aromatic N) is 1. The molecule has 6 heteroatoms. The highest BCUT2D eigenvalue weighted by atomic mass is 32.2. The van der Waals surface area contributed by atoms with Crippen LogP contribution in [0.2, 0.25) is 0 Å². The van der Waals surface area contributed by atoms with E-state index in [1.54, 1.807) is 6.07 Å². The highest BCUT2D eigenvalue weighted by Gasteiger charge is 2.26. The second-order valence-corrected chi connectivity index (χ2v) is 8.65. The lowest BCUT2D eigenvalue weighted by atomic mass is 9.99. The number of hydrogen-bond acceptors (Lipinski definition) is 4. The van der Waals surface area contributed by atoms with Crippen molar-refractivity contribution in [3.05, 3.63) is 59.2 Å². The Bertz CT molecular complexity index is 949. The van der Waals surface area contributed by atoms with Gasteiger partial charge in [-0.3, -0.25) is 4.99 Å². The molecule has 2 aromatic rings. The van der Waals surface area contributed by atoms with Crippen LogP contribution in [-0.4, -0.2) is 31.4 Å². The van der Waals surface area contributed by atoms with E-state index in [-0.39, 0.29) is 5.75 Å². The fraction of sp³-hybridized carbons (Fsp3) is 0.263. The number of thiocarbonyl (C=S) groups is 1. The number of hydrogen-bond donors (Lipinski definition) is 1. The minimum absolute atomic E-state index is 0.106. The highest BCUT2D eigenvalue weighted by Crippen LogP contribution is 2.32. The second kappa shape index (κ2) is 7.06. The Morgan fingerprint density at radius 2 is 1.92 bits per heavy atom. The summed E-state index contributed by atoms with van der Waals surface area (Å²) in [5.74, 6) is 0.106. The van der Waals surface area contributed by atoms with Gasteiger partial charge in [0.25, 0.3) is 0 Å². The number of benzodiazepines with no additional fused rings is 1. The van der Waals surface area contributed by atoms with Crippen LogP contribution in [0.25, 0.3) is 0 Å². The van der Waals surface area contributed by atoms with Crippen LogP contribution in [0.1, 0.15) is 30.0 Å². The average Bonchev–Trinajstić information content (AvgIpc) is 2.73. The summed E-state index contributed by atoms with van der Waals surface area (Å²) in [6.07, 6.45) is 0.565.